The molecule has 3 rings (SSSR count). The van der Waals surface area contributed by atoms with E-state index < -0.39 is 0 Å². The first-order valence-corrected chi connectivity index (χ1v) is 9.35. The summed E-state index contributed by atoms with van der Waals surface area (Å²) >= 11 is 12.1. The molecule has 0 saturated heterocycles. The zero-order chi connectivity index (χ0) is 19.4. The van der Waals surface area contributed by atoms with Crippen LogP contribution in [0.2, 0.25) is 10.0 Å². The molecule has 2 aromatic carbocycles. The lowest BCUT2D eigenvalue weighted by molar-refractivity contribution is -0.115. The standard InChI is InChI=1S/C20H19Cl2N3O2/c1-3-16(13-5-4-6-14(21)9-13)20-24-18(25-27-20)11-19(26)23-17-10-15(22)8-7-12(17)2/h4-10,16H,3,11H2,1-2H3,(H,23,26). The Kier molecular flexibility index (Phi) is 6.14. The van der Waals surface area contributed by atoms with Gasteiger partial charge in [0.15, 0.2) is 5.82 Å². The summed E-state index contributed by atoms with van der Waals surface area (Å²) in [5.74, 6) is 0.510. The number of amides is 1. The summed E-state index contributed by atoms with van der Waals surface area (Å²) in [7, 11) is 0. The van der Waals surface area contributed by atoms with Crippen LogP contribution in [-0.2, 0) is 11.2 Å². The number of hydrogen-bond donors (Lipinski definition) is 1. The topological polar surface area (TPSA) is 68.0 Å². The molecule has 1 N–H and O–H groups in total. The Balaban J connectivity index is 1.71. The normalized spacial score (nSPS) is 12.0. The third kappa shape index (κ3) is 4.87. The highest BCUT2D eigenvalue weighted by atomic mass is 35.5. The van der Waals surface area contributed by atoms with Crippen LogP contribution in [0.3, 0.4) is 0 Å². The first-order valence-electron chi connectivity index (χ1n) is 8.60. The number of carbonyl (C=O) groups excluding carboxylic acids is 1. The zero-order valence-electron chi connectivity index (χ0n) is 15.0. The second-order valence-electron chi connectivity index (χ2n) is 6.25. The van der Waals surface area contributed by atoms with Crippen LogP contribution in [0.15, 0.2) is 47.0 Å². The summed E-state index contributed by atoms with van der Waals surface area (Å²) in [5, 5.41) is 7.99. The summed E-state index contributed by atoms with van der Waals surface area (Å²) in [5.41, 5.74) is 2.59. The molecular weight excluding hydrogens is 385 g/mol. The minimum Gasteiger partial charge on any atom is -0.339 e. The van der Waals surface area contributed by atoms with Crippen LogP contribution in [0.1, 0.15) is 42.1 Å². The van der Waals surface area contributed by atoms with Crippen LogP contribution in [0.25, 0.3) is 0 Å². The van der Waals surface area contributed by atoms with Crippen LogP contribution in [0, 0.1) is 6.92 Å². The van der Waals surface area contributed by atoms with Crippen LogP contribution >= 0.6 is 23.2 Å². The summed E-state index contributed by atoms with van der Waals surface area (Å²) in [4.78, 5) is 16.7. The van der Waals surface area contributed by atoms with Gasteiger partial charge in [-0.2, -0.15) is 4.98 Å². The quantitative estimate of drug-likeness (QED) is 0.597. The molecular formula is C20H19Cl2N3O2. The maximum absolute atomic E-state index is 12.3. The number of nitrogens with zero attached hydrogens (tertiary/aromatic N) is 2. The monoisotopic (exact) mass is 403 g/mol. The number of hydrogen-bond acceptors (Lipinski definition) is 4. The molecule has 27 heavy (non-hydrogen) atoms. The minimum absolute atomic E-state index is 0.0153. The van der Waals surface area contributed by atoms with Crippen LogP contribution in [-0.4, -0.2) is 16.0 Å². The SMILES string of the molecule is CCC(c1cccc(Cl)c1)c1nc(CC(=O)Nc2cc(Cl)ccc2C)no1. The molecule has 0 radical (unpaired) electrons. The van der Waals surface area contributed by atoms with Gasteiger partial charge in [-0.15, -0.1) is 0 Å². The lowest BCUT2D eigenvalue weighted by Crippen LogP contribution is -2.16. The molecule has 3 aromatic rings. The lowest BCUT2D eigenvalue weighted by Gasteiger charge is -2.10. The maximum Gasteiger partial charge on any atom is 0.234 e. The van der Waals surface area contributed by atoms with E-state index in [1.807, 2.05) is 44.2 Å². The molecule has 0 aliphatic rings. The molecule has 0 saturated carbocycles. The highest BCUT2D eigenvalue weighted by Gasteiger charge is 2.21. The van der Waals surface area contributed by atoms with E-state index in [0.717, 1.165) is 17.5 Å². The van der Waals surface area contributed by atoms with E-state index in [9.17, 15) is 4.79 Å². The van der Waals surface area contributed by atoms with Crippen molar-refractivity contribution in [2.24, 2.45) is 0 Å². The van der Waals surface area contributed by atoms with E-state index in [1.165, 1.54) is 0 Å². The van der Waals surface area contributed by atoms with E-state index in [1.54, 1.807) is 12.1 Å². The van der Waals surface area contributed by atoms with Gasteiger partial charge in [-0.05, 0) is 48.7 Å². The fraction of sp³-hybridized carbons (Fsp3) is 0.250. The highest BCUT2D eigenvalue weighted by Crippen LogP contribution is 2.28. The van der Waals surface area contributed by atoms with Crippen molar-refractivity contribution in [3.05, 3.63) is 75.4 Å². The smallest absolute Gasteiger partial charge is 0.234 e. The number of anilines is 1. The summed E-state index contributed by atoms with van der Waals surface area (Å²) in [6.45, 7) is 3.93. The Morgan fingerprint density at radius 1 is 1.19 bits per heavy atom. The van der Waals surface area contributed by atoms with Crippen molar-refractivity contribution in [1.82, 2.24) is 10.1 Å². The van der Waals surface area contributed by atoms with E-state index >= 15 is 0 Å². The molecule has 140 valence electrons. The number of halogens is 2. The first kappa shape index (κ1) is 19.4. The molecule has 1 amide bonds. The number of aromatic nitrogens is 2. The van der Waals surface area contributed by atoms with E-state index in [-0.39, 0.29) is 18.2 Å². The molecule has 5 nitrogen and oxygen atoms in total. The van der Waals surface area contributed by atoms with Gasteiger partial charge in [-0.1, -0.05) is 53.5 Å². The molecule has 0 bridgehead atoms. The van der Waals surface area contributed by atoms with Crippen molar-refractivity contribution >= 4 is 34.8 Å². The Labute approximate surface area is 167 Å². The maximum atomic E-state index is 12.3. The molecule has 1 atom stereocenters. The van der Waals surface area contributed by atoms with Gasteiger partial charge in [-0.3, -0.25) is 4.79 Å². The fourth-order valence-corrected chi connectivity index (χ4v) is 3.19. The van der Waals surface area contributed by atoms with Crippen molar-refractivity contribution in [3.63, 3.8) is 0 Å². The third-order valence-electron chi connectivity index (χ3n) is 4.23. The van der Waals surface area contributed by atoms with Gasteiger partial charge in [0.05, 0.1) is 12.3 Å². The fourth-order valence-electron chi connectivity index (χ4n) is 2.82. The van der Waals surface area contributed by atoms with Gasteiger partial charge in [0.25, 0.3) is 0 Å². The number of nitrogens with one attached hydrogen (secondary N) is 1. The molecule has 1 aromatic heterocycles. The summed E-state index contributed by atoms with van der Waals surface area (Å²) in [6.07, 6.45) is 0.789. The Hall–Kier alpha value is -2.37. The third-order valence-corrected chi connectivity index (χ3v) is 4.70. The van der Waals surface area contributed by atoms with E-state index in [2.05, 4.69) is 15.5 Å². The van der Waals surface area contributed by atoms with Crippen LogP contribution in [0.5, 0.6) is 0 Å². The Morgan fingerprint density at radius 2 is 1.96 bits per heavy atom. The predicted octanol–water partition coefficient (Wildman–Crippen LogP) is 5.41. The predicted molar refractivity (Wildman–Crippen MR) is 106 cm³/mol. The zero-order valence-corrected chi connectivity index (χ0v) is 16.5. The van der Waals surface area contributed by atoms with Crippen molar-refractivity contribution in [2.75, 3.05) is 5.32 Å². The van der Waals surface area contributed by atoms with Gasteiger partial charge in [0.1, 0.15) is 0 Å². The number of carbonyl (C=O) groups is 1. The second-order valence-corrected chi connectivity index (χ2v) is 7.12. The summed E-state index contributed by atoms with van der Waals surface area (Å²) in [6, 6.07) is 12.9. The molecule has 1 heterocycles. The average Bonchev–Trinajstić information content (AvgIpc) is 3.07. The van der Waals surface area contributed by atoms with Crippen LogP contribution < -0.4 is 5.32 Å². The summed E-state index contributed by atoms with van der Waals surface area (Å²) < 4.78 is 5.40. The lowest BCUT2D eigenvalue weighted by atomic mass is 9.96. The van der Waals surface area contributed by atoms with Crippen molar-refractivity contribution in [2.45, 2.75) is 32.6 Å². The minimum atomic E-state index is -0.233. The molecule has 1 unspecified atom stereocenters. The van der Waals surface area contributed by atoms with Crippen molar-refractivity contribution < 1.29 is 9.32 Å². The van der Waals surface area contributed by atoms with Crippen LogP contribution in [0.4, 0.5) is 5.69 Å². The second kappa shape index (κ2) is 8.55. The highest BCUT2D eigenvalue weighted by molar-refractivity contribution is 6.31. The van der Waals surface area contributed by atoms with Gasteiger partial charge >= 0.3 is 0 Å². The van der Waals surface area contributed by atoms with Gasteiger partial charge in [0, 0.05) is 15.7 Å². The first-order chi connectivity index (χ1) is 13.0. The van der Waals surface area contributed by atoms with Gasteiger partial charge in [0.2, 0.25) is 11.8 Å². The molecule has 0 spiro atoms. The van der Waals surface area contributed by atoms with Crippen molar-refractivity contribution in [3.8, 4) is 0 Å². The van der Waals surface area contributed by atoms with E-state index in [4.69, 9.17) is 27.7 Å². The average molecular weight is 404 g/mol. The van der Waals surface area contributed by atoms with E-state index in [0.29, 0.717) is 27.4 Å². The largest absolute Gasteiger partial charge is 0.339 e. The van der Waals surface area contributed by atoms with Gasteiger partial charge in [-0.25, -0.2) is 0 Å². The number of aryl methyl sites for hydroxylation is 1. The van der Waals surface area contributed by atoms with Gasteiger partial charge < -0.3 is 9.84 Å². The Bertz CT molecular complexity index is 956. The molecule has 0 fully saturated rings. The number of rotatable bonds is 6. The number of benzene rings is 2. The molecule has 0 aliphatic heterocycles. The van der Waals surface area contributed by atoms with Crippen molar-refractivity contribution in [1.29, 1.82) is 0 Å². The molecule has 0 aliphatic carbocycles. The molecule has 7 heteroatoms. The Morgan fingerprint density at radius 3 is 2.70 bits per heavy atom.